The Morgan fingerprint density at radius 2 is 1.63 bits per heavy atom. The molecule has 108 valence electrons. The van der Waals surface area contributed by atoms with Gasteiger partial charge in [-0.1, -0.05) is 0 Å². The van der Waals surface area contributed by atoms with Crippen LogP contribution in [0.25, 0.3) is 0 Å². The molecule has 0 spiro atoms. The molecule has 0 atom stereocenters. The minimum Gasteiger partial charge on any atom is -0.404 e. The second-order valence-corrected chi connectivity index (χ2v) is 3.80. The number of aromatic nitrogens is 1. The van der Waals surface area contributed by atoms with Crippen LogP contribution in [0.15, 0.2) is 10.8 Å². The SMILES string of the molecule is FC(F)c1c(Br)ncc(C(F)(F)F)c1OC(F)(F)F. The van der Waals surface area contributed by atoms with Crippen molar-refractivity contribution in [3.05, 3.63) is 21.9 Å². The summed E-state index contributed by atoms with van der Waals surface area (Å²) in [5, 5.41) is 0. The number of halogens is 9. The van der Waals surface area contributed by atoms with Crippen LogP contribution in [-0.2, 0) is 6.18 Å². The summed E-state index contributed by atoms with van der Waals surface area (Å²) < 4.78 is 101. The lowest BCUT2D eigenvalue weighted by molar-refractivity contribution is -0.276. The summed E-state index contributed by atoms with van der Waals surface area (Å²) in [4.78, 5) is 2.93. The average molecular weight is 360 g/mol. The third-order valence-corrected chi connectivity index (χ3v) is 2.39. The van der Waals surface area contributed by atoms with Gasteiger partial charge in [0.1, 0.15) is 10.2 Å². The molecule has 11 heteroatoms. The predicted octanol–water partition coefficient (Wildman–Crippen LogP) is 4.70. The first-order valence-corrected chi connectivity index (χ1v) is 5.02. The predicted molar refractivity (Wildman–Crippen MR) is 48.6 cm³/mol. The molecule has 0 aliphatic carbocycles. The summed E-state index contributed by atoms with van der Waals surface area (Å²) in [5.41, 5.74) is -3.66. The van der Waals surface area contributed by atoms with E-state index in [-0.39, 0.29) is 6.20 Å². The molecular formula is C8H2BrF8NO. The molecule has 1 heterocycles. The van der Waals surface area contributed by atoms with E-state index in [1.807, 2.05) is 0 Å². The first kappa shape index (κ1) is 15.9. The van der Waals surface area contributed by atoms with Crippen LogP contribution in [0.3, 0.4) is 0 Å². The van der Waals surface area contributed by atoms with Crippen LogP contribution in [0.1, 0.15) is 17.6 Å². The lowest BCUT2D eigenvalue weighted by atomic mass is 10.1. The van der Waals surface area contributed by atoms with E-state index in [0.29, 0.717) is 0 Å². The second kappa shape index (κ2) is 5.10. The fourth-order valence-corrected chi connectivity index (χ4v) is 1.56. The first-order valence-electron chi connectivity index (χ1n) is 4.23. The molecule has 0 aromatic carbocycles. The van der Waals surface area contributed by atoms with Gasteiger partial charge in [-0.25, -0.2) is 13.8 Å². The van der Waals surface area contributed by atoms with Crippen LogP contribution < -0.4 is 4.74 Å². The Hall–Kier alpha value is -1.13. The zero-order chi connectivity index (χ0) is 15.0. The molecule has 0 fully saturated rings. The van der Waals surface area contributed by atoms with Crippen molar-refractivity contribution >= 4 is 15.9 Å². The van der Waals surface area contributed by atoms with E-state index in [0.717, 1.165) is 0 Å². The molecule has 1 aromatic heterocycles. The van der Waals surface area contributed by atoms with Gasteiger partial charge in [-0.05, 0) is 15.9 Å². The Labute approximate surface area is 108 Å². The van der Waals surface area contributed by atoms with Gasteiger partial charge in [0.05, 0.1) is 5.56 Å². The van der Waals surface area contributed by atoms with Crippen LogP contribution >= 0.6 is 15.9 Å². The number of alkyl halides is 8. The summed E-state index contributed by atoms with van der Waals surface area (Å²) in [6.07, 6.45) is -14.5. The fourth-order valence-electron chi connectivity index (χ4n) is 1.10. The summed E-state index contributed by atoms with van der Waals surface area (Å²) in [6, 6.07) is 0. The van der Waals surface area contributed by atoms with E-state index in [4.69, 9.17) is 0 Å². The van der Waals surface area contributed by atoms with Gasteiger partial charge < -0.3 is 4.74 Å². The molecule has 0 aliphatic heterocycles. The molecule has 19 heavy (non-hydrogen) atoms. The fraction of sp³-hybridized carbons (Fsp3) is 0.375. The lowest BCUT2D eigenvalue weighted by Crippen LogP contribution is -2.22. The molecule has 0 bridgehead atoms. The van der Waals surface area contributed by atoms with Gasteiger partial charge in [0, 0.05) is 6.20 Å². The number of pyridine rings is 1. The Kier molecular flexibility index (Phi) is 4.27. The molecule has 0 aliphatic rings. The average Bonchev–Trinajstić information content (AvgIpc) is 2.11. The Balaban J connectivity index is 3.54. The molecule has 1 rings (SSSR count). The monoisotopic (exact) mass is 359 g/mol. The third-order valence-electron chi connectivity index (χ3n) is 1.76. The Morgan fingerprint density at radius 1 is 1.11 bits per heavy atom. The number of hydrogen-bond donors (Lipinski definition) is 0. The van der Waals surface area contributed by atoms with Crippen molar-refractivity contribution in [3.63, 3.8) is 0 Å². The maximum atomic E-state index is 12.5. The number of nitrogens with zero attached hydrogens (tertiary/aromatic N) is 1. The lowest BCUT2D eigenvalue weighted by Gasteiger charge is -2.18. The van der Waals surface area contributed by atoms with Crippen LogP contribution in [0.5, 0.6) is 5.75 Å². The van der Waals surface area contributed by atoms with Crippen LogP contribution in [0.4, 0.5) is 35.1 Å². The summed E-state index contributed by atoms with van der Waals surface area (Å²) in [5.74, 6) is -2.02. The minimum atomic E-state index is -5.55. The van der Waals surface area contributed by atoms with E-state index in [1.165, 1.54) is 0 Å². The van der Waals surface area contributed by atoms with Gasteiger partial charge in [-0.15, -0.1) is 13.2 Å². The second-order valence-electron chi connectivity index (χ2n) is 3.05. The number of hydrogen-bond acceptors (Lipinski definition) is 2. The van der Waals surface area contributed by atoms with Crippen LogP contribution in [0.2, 0.25) is 0 Å². The van der Waals surface area contributed by atoms with Gasteiger partial charge in [-0.3, -0.25) is 0 Å². The van der Waals surface area contributed by atoms with E-state index < -0.39 is 40.4 Å². The molecule has 0 radical (unpaired) electrons. The highest BCUT2D eigenvalue weighted by Gasteiger charge is 2.43. The van der Waals surface area contributed by atoms with Crippen molar-refractivity contribution in [1.82, 2.24) is 4.98 Å². The van der Waals surface area contributed by atoms with Crippen molar-refractivity contribution in [2.24, 2.45) is 0 Å². The highest BCUT2D eigenvalue weighted by atomic mass is 79.9. The maximum Gasteiger partial charge on any atom is 0.573 e. The third kappa shape index (κ3) is 3.91. The van der Waals surface area contributed by atoms with Gasteiger partial charge in [0.2, 0.25) is 0 Å². The van der Waals surface area contributed by atoms with Crippen molar-refractivity contribution in [2.45, 2.75) is 19.0 Å². The highest BCUT2D eigenvalue weighted by Crippen LogP contribution is 2.45. The zero-order valence-electron chi connectivity index (χ0n) is 8.41. The maximum absolute atomic E-state index is 12.5. The molecule has 0 saturated heterocycles. The van der Waals surface area contributed by atoms with Gasteiger partial charge in [0.15, 0.2) is 5.75 Å². The minimum absolute atomic E-state index is 0.0307. The standard InChI is InChI=1S/C8H2BrF8NO/c9-5-3(6(10)11)4(19-8(15,16)17)2(1-18-5)7(12,13)14/h1,6H. The van der Waals surface area contributed by atoms with Gasteiger partial charge in [0.25, 0.3) is 6.43 Å². The molecular weight excluding hydrogens is 358 g/mol. The molecule has 0 N–H and O–H groups in total. The van der Waals surface area contributed by atoms with Crippen LogP contribution in [0, 0.1) is 0 Å². The topological polar surface area (TPSA) is 22.1 Å². The molecule has 0 amide bonds. The van der Waals surface area contributed by atoms with Crippen molar-refractivity contribution in [2.75, 3.05) is 0 Å². The zero-order valence-corrected chi connectivity index (χ0v) is 10.00. The normalized spacial score (nSPS) is 12.9. The van der Waals surface area contributed by atoms with E-state index >= 15 is 0 Å². The van der Waals surface area contributed by atoms with E-state index in [9.17, 15) is 35.1 Å². The van der Waals surface area contributed by atoms with E-state index in [1.54, 1.807) is 0 Å². The van der Waals surface area contributed by atoms with Crippen molar-refractivity contribution in [1.29, 1.82) is 0 Å². The quantitative estimate of drug-likeness (QED) is 0.564. The number of rotatable bonds is 2. The summed E-state index contributed by atoms with van der Waals surface area (Å²) in [6.45, 7) is 0. The highest BCUT2D eigenvalue weighted by molar-refractivity contribution is 9.10. The van der Waals surface area contributed by atoms with Crippen molar-refractivity contribution in [3.8, 4) is 5.75 Å². The smallest absolute Gasteiger partial charge is 0.404 e. The largest absolute Gasteiger partial charge is 0.573 e. The summed E-state index contributed by atoms with van der Waals surface area (Å²) >= 11 is 2.35. The molecule has 2 nitrogen and oxygen atoms in total. The van der Waals surface area contributed by atoms with Crippen LogP contribution in [-0.4, -0.2) is 11.3 Å². The molecule has 0 unspecified atom stereocenters. The van der Waals surface area contributed by atoms with E-state index in [2.05, 4.69) is 25.7 Å². The van der Waals surface area contributed by atoms with Gasteiger partial charge >= 0.3 is 12.5 Å². The first-order chi connectivity index (χ1) is 8.43. The van der Waals surface area contributed by atoms with Crippen molar-refractivity contribution < 1.29 is 39.9 Å². The summed E-state index contributed by atoms with van der Waals surface area (Å²) in [7, 11) is 0. The molecule has 0 saturated carbocycles. The molecule has 1 aromatic rings. The van der Waals surface area contributed by atoms with Gasteiger partial charge in [-0.2, -0.15) is 13.2 Å². The number of ether oxygens (including phenoxy) is 1. The Morgan fingerprint density at radius 3 is 2.00 bits per heavy atom. The Bertz CT molecular complexity index is 469.